The van der Waals surface area contributed by atoms with Gasteiger partial charge >= 0.3 is 0 Å². The van der Waals surface area contributed by atoms with Crippen molar-refractivity contribution in [3.63, 3.8) is 0 Å². The highest BCUT2D eigenvalue weighted by molar-refractivity contribution is 5.48. The molecule has 0 bridgehead atoms. The van der Waals surface area contributed by atoms with Crippen LogP contribution in [0.2, 0.25) is 0 Å². The fourth-order valence-electron chi connectivity index (χ4n) is 1.27. The van der Waals surface area contributed by atoms with Crippen molar-refractivity contribution >= 4 is 5.82 Å². The number of nitrogens with zero attached hydrogens (tertiary/aromatic N) is 1. The van der Waals surface area contributed by atoms with Crippen molar-refractivity contribution in [1.82, 2.24) is 10.3 Å². The van der Waals surface area contributed by atoms with Crippen LogP contribution in [-0.4, -0.2) is 18.6 Å². The second kappa shape index (κ2) is 4.64. The molecule has 1 heterocycles. The molecule has 0 aliphatic heterocycles. The summed E-state index contributed by atoms with van der Waals surface area (Å²) in [5.74, 6) is 6.64. The van der Waals surface area contributed by atoms with E-state index in [1.807, 2.05) is 27.0 Å². The van der Waals surface area contributed by atoms with Crippen LogP contribution in [0, 0.1) is 25.7 Å². The first-order chi connectivity index (χ1) is 6.65. The summed E-state index contributed by atoms with van der Waals surface area (Å²) in [5.41, 5.74) is 8.57. The first-order valence-electron chi connectivity index (χ1n) is 4.52. The Hall–Kier alpha value is -1.53. The second-order valence-corrected chi connectivity index (χ2v) is 3.16. The van der Waals surface area contributed by atoms with E-state index in [4.69, 9.17) is 5.73 Å². The fourth-order valence-corrected chi connectivity index (χ4v) is 1.27. The largest absolute Gasteiger partial charge is 0.384 e. The molecule has 74 valence electrons. The number of anilines is 1. The zero-order valence-electron chi connectivity index (χ0n) is 8.81. The van der Waals surface area contributed by atoms with Gasteiger partial charge in [0, 0.05) is 5.56 Å². The van der Waals surface area contributed by atoms with Crippen molar-refractivity contribution in [2.45, 2.75) is 13.8 Å². The van der Waals surface area contributed by atoms with E-state index < -0.39 is 0 Å². The second-order valence-electron chi connectivity index (χ2n) is 3.16. The van der Waals surface area contributed by atoms with Crippen LogP contribution in [0.1, 0.15) is 16.8 Å². The predicted molar refractivity (Wildman–Crippen MR) is 58.9 cm³/mol. The molecule has 0 radical (unpaired) electrons. The monoisotopic (exact) mass is 189 g/mol. The minimum Gasteiger partial charge on any atom is -0.384 e. The summed E-state index contributed by atoms with van der Waals surface area (Å²) in [6.07, 6.45) is 0. The van der Waals surface area contributed by atoms with E-state index >= 15 is 0 Å². The molecular weight excluding hydrogens is 174 g/mol. The lowest BCUT2D eigenvalue weighted by atomic mass is 10.1. The van der Waals surface area contributed by atoms with Crippen LogP contribution >= 0.6 is 0 Å². The molecule has 1 aromatic rings. The molecular formula is C11H15N3. The minimum atomic E-state index is 0.555. The van der Waals surface area contributed by atoms with E-state index in [1.54, 1.807) is 0 Å². The summed E-state index contributed by atoms with van der Waals surface area (Å²) >= 11 is 0. The highest BCUT2D eigenvalue weighted by Gasteiger charge is 2.01. The van der Waals surface area contributed by atoms with Gasteiger partial charge in [0.15, 0.2) is 0 Å². The van der Waals surface area contributed by atoms with Crippen molar-refractivity contribution in [2.24, 2.45) is 0 Å². The number of aryl methyl sites for hydroxylation is 2. The van der Waals surface area contributed by atoms with E-state index in [9.17, 15) is 0 Å². The molecule has 0 saturated heterocycles. The standard InChI is InChI=1S/C11H15N3/c1-8-7-11(12)14-9(2)10(8)5-4-6-13-3/h7,13H,6H2,1-3H3,(H2,12,14). The van der Waals surface area contributed by atoms with Gasteiger partial charge in [0.25, 0.3) is 0 Å². The predicted octanol–water partition coefficient (Wildman–Crippen LogP) is 0.852. The molecule has 0 aliphatic rings. The Kier molecular flexibility index (Phi) is 3.49. The van der Waals surface area contributed by atoms with Crippen LogP contribution in [0.5, 0.6) is 0 Å². The first kappa shape index (κ1) is 10.6. The maximum absolute atomic E-state index is 5.61. The van der Waals surface area contributed by atoms with Crippen LogP contribution in [0.25, 0.3) is 0 Å². The van der Waals surface area contributed by atoms with Crippen molar-refractivity contribution in [3.05, 3.63) is 22.9 Å². The highest BCUT2D eigenvalue weighted by atomic mass is 14.8. The third-order valence-electron chi connectivity index (χ3n) is 1.90. The minimum absolute atomic E-state index is 0.555. The summed E-state index contributed by atoms with van der Waals surface area (Å²) in [5, 5.41) is 2.97. The topological polar surface area (TPSA) is 50.9 Å². The Morgan fingerprint density at radius 1 is 1.50 bits per heavy atom. The molecule has 0 atom stereocenters. The number of pyridine rings is 1. The van der Waals surface area contributed by atoms with Gasteiger partial charge in [0.05, 0.1) is 12.2 Å². The van der Waals surface area contributed by atoms with E-state index in [-0.39, 0.29) is 0 Å². The molecule has 0 saturated carbocycles. The van der Waals surface area contributed by atoms with Crippen LogP contribution in [0.3, 0.4) is 0 Å². The van der Waals surface area contributed by atoms with E-state index in [2.05, 4.69) is 22.1 Å². The molecule has 1 aromatic heterocycles. The molecule has 3 heteroatoms. The zero-order valence-corrected chi connectivity index (χ0v) is 8.81. The first-order valence-corrected chi connectivity index (χ1v) is 4.52. The third kappa shape index (κ3) is 2.48. The maximum Gasteiger partial charge on any atom is 0.123 e. The molecule has 1 rings (SSSR count). The van der Waals surface area contributed by atoms with Crippen molar-refractivity contribution in [2.75, 3.05) is 19.3 Å². The summed E-state index contributed by atoms with van der Waals surface area (Å²) in [6.45, 7) is 4.60. The van der Waals surface area contributed by atoms with Gasteiger partial charge in [-0.1, -0.05) is 11.8 Å². The van der Waals surface area contributed by atoms with Gasteiger partial charge in [0.2, 0.25) is 0 Å². The Morgan fingerprint density at radius 3 is 2.79 bits per heavy atom. The number of aromatic nitrogens is 1. The average molecular weight is 189 g/mol. The zero-order chi connectivity index (χ0) is 10.6. The number of hydrogen-bond acceptors (Lipinski definition) is 3. The lowest BCUT2D eigenvalue weighted by Crippen LogP contribution is -2.05. The Bertz CT molecular complexity index is 362. The smallest absolute Gasteiger partial charge is 0.123 e. The molecule has 0 aliphatic carbocycles. The number of nitrogens with one attached hydrogen (secondary N) is 1. The van der Waals surface area contributed by atoms with E-state index in [0.717, 1.165) is 16.8 Å². The quantitative estimate of drug-likeness (QED) is 0.644. The highest BCUT2D eigenvalue weighted by Crippen LogP contribution is 2.12. The average Bonchev–Trinajstić information content (AvgIpc) is 2.09. The normalized spacial score (nSPS) is 9.36. The Balaban J connectivity index is 3.04. The van der Waals surface area contributed by atoms with E-state index in [1.165, 1.54) is 0 Å². The molecule has 14 heavy (non-hydrogen) atoms. The van der Waals surface area contributed by atoms with Crippen molar-refractivity contribution < 1.29 is 0 Å². The summed E-state index contributed by atoms with van der Waals surface area (Å²) in [7, 11) is 1.87. The number of hydrogen-bond donors (Lipinski definition) is 2. The third-order valence-corrected chi connectivity index (χ3v) is 1.90. The Morgan fingerprint density at radius 2 is 2.21 bits per heavy atom. The van der Waals surface area contributed by atoms with Gasteiger partial charge in [0.1, 0.15) is 5.82 Å². The lowest BCUT2D eigenvalue weighted by Gasteiger charge is -2.03. The molecule has 3 nitrogen and oxygen atoms in total. The molecule has 3 N–H and O–H groups in total. The van der Waals surface area contributed by atoms with Gasteiger partial charge in [-0.3, -0.25) is 0 Å². The van der Waals surface area contributed by atoms with E-state index in [0.29, 0.717) is 12.4 Å². The van der Waals surface area contributed by atoms with Gasteiger partial charge in [-0.2, -0.15) is 0 Å². The van der Waals surface area contributed by atoms with Gasteiger partial charge in [-0.15, -0.1) is 0 Å². The summed E-state index contributed by atoms with van der Waals surface area (Å²) in [4.78, 5) is 4.17. The van der Waals surface area contributed by atoms with Crippen LogP contribution in [0.15, 0.2) is 6.07 Å². The molecule has 0 amide bonds. The molecule has 0 unspecified atom stereocenters. The SMILES string of the molecule is CNCC#Cc1c(C)cc(N)nc1C. The molecule has 0 aromatic carbocycles. The number of nitrogen functional groups attached to an aromatic ring is 1. The lowest BCUT2D eigenvalue weighted by molar-refractivity contribution is 0.938. The maximum atomic E-state index is 5.61. The molecule has 0 fully saturated rings. The van der Waals surface area contributed by atoms with Crippen LogP contribution < -0.4 is 11.1 Å². The fraction of sp³-hybridized carbons (Fsp3) is 0.364. The van der Waals surface area contributed by atoms with Gasteiger partial charge < -0.3 is 11.1 Å². The Labute approximate surface area is 84.7 Å². The van der Waals surface area contributed by atoms with Crippen molar-refractivity contribution in [3.8, 4) is 11.8 Å². The molecule has 0 spiro atoms. The number of nitrogens with two attached hydrogens (primary N) is 1. The van der Waals surface area contributed by atoms with Crippen LogP contribution in [-0.2, 0) is 0 Å². The number of rotatable bonds is 1. The summed E-state index contributed by atoms with van der Waals surface area (Å²) in [6, 6.07) is 1.84. The van der Waals surface area contributed by atoms with Crippen molar-refractivity contribution in [1.29, 1.82) is 0 Å². The van der Waals surface area contributed by atoms with Crippen LogP contribution in [0.4, 0.5) is 5.82 Å². The van der Waals surface area contributed by atoms with Gasteiger partial charge in [-0.25, -0.2) is 4.98 Å². The summed E-state index contributed by atoms with van der Waals surface area (Å²) < 4.78 is 0. The van der Waals surface area contributed by atoms with Gasteiger partial charge in [-0.05, 0) is 32.5 Å².